The van der Waals surface area contributed by atoms with E-state index in [1.807, 2.05) is 0 Å². The van der Waals surface area contributed by atoms with E-state index in [0.717, 1.165) is 13.6 Å². The van der Waals surface area contributed by atoms with Crippen LogP contribution in [0.2, 0.25) is 0 Å². The molecule has 0 saturated carbocycles. The van der Waals surface area contributed by atoms with E-state index in [0.29, 0.717) is 0 Å². The molecule has 42 valence electrons. The van der Waals surface area contributed by atoms with Gasteiger partial charge in [0.05, 0.1) is 0 Å². The Morgan fingerprint density at radius 3 is 2.57 bits per heavy atom. The van der Waals surface area contributed by atoms with Gasteiger partial charge >= 0.3 is 0 Å². The number of hydrogen-bond donors (Lipinski definition) is 1. The minimum absolute atomic E-state index is 0.758. The van der Waals surface area contributed by atoms with Crippen molar-refractivity contribution < 1.29 is 0 Å². The van der Waals surface area contributed by atoms with Crippen molar-refractivity contribution in [2.75, 3.05) is 6.16 Å². The molecule has 1 aliphatic heterocycles. The third kappa shape index (κ3) is 2.01. The van der Waals surface area contributed by atoms with Crippen molar-refractivity contribution >= 4 is 21.2 Å². The summed E-state index contributed by atoms with van der Waals surface area (Å²) in [5.41, 5.74) is 0. The van der Waals surface area contributed by atoms with E-state index in [-0.39, 0.29) is 0 Å². The number of rotatable bonds is 0. The van der Waals surface area contributed by atoms with Crippen LogP contribution in [-0.2, 0) is 0 Å². The molecule has 0 aromatic carbocycles. The maximum absolute atomic E-state index is 4.37. The SMILES string of the molecule is SC1CCCCP1. The Bertz CT molecular complexity index is 50.0. The highest BCUT2D eigenvalue weighted by atomic mass is 32.1. The standard InChI is InChI=1S/C5H11PS/c7-5-3-1-2-4-6-5/h5-7H,1-4H2. The fraction of sp³-hybridized carbons (Fsp3) is 1.00. The first-order chi connectivity index (χ1) is 3.39. The molecule has 1 rings (SSSR count). The fourth-order valence-electron chi connectivity index (χ4n) is 0.833. The molecule has 1 aliphatic rings. The summed E-state index contributed by atoms with van der Waals surface area (Å²) in [4.78, 5) is 0.758. The molecule has 0 radical (unpaired) electrons. The first-order valence-corrected chi connectivity index (χ1v) is 4.61. The highest BCUT2D eigenvalue weighted by molar-refractivity contribution is 7.87. The Balaban J connectivity index is 2.12. The normalized spacial score (nSPS) is 36.4. The highest BCUT2D eigenvalue weighted by Crippen LogP contribution is 2.32. The van der Waals surface area contributed by atoms with Crippen molar-refractivity contribution in [1.29, 1.82) is 0 Å². The molecule has 0 N–H and O–H groups in total. The van der Waals surface area contributed by atoms with Crippen LogP contribution in [0.1, 0.15) is 19.3 Å². The molecular weight excluding hydrogens is 123 g/mol. The summed E-state index contributed by atoms with van der Waals surface area (Å²) in [6, 6.07) is 0. The van der Waals surface area contributed by atoms with Crippen LogP contribution in [0.3, 0.4) is 0 Å². The zero-order valence-electron chi connectivity index (χ0n) is 4.35. The van der Waals surface area contributed by atoms with Gasteiger partial charge in [0.25, 0.3) is 0 Å². The predicted molar refractivity (Wildman–Crippen MR) is 39.8 cm³/mol. The van der Waals surface area contributed by atoms with E-state index in [2.05, 4.69) is 12.6 Å². The first-order valence-electron chi connectivity index (χ1n) is 2.81. The molecule has 1 fully saturated rings. The van der Waals surface area contributed by atoms with Crippen LogP contribution in [0.15, 0.2) is 0 Å². The lowest BCUT2D eigenvalue weighted by atomic mass is 10.3. The third-order valence-corrected chi connectivity index (χ3v) is 3.49. The van der Waals surface area contributed by atoms with E-state index >= 15 is 0 Å². The smallest absolute Gasteiger partial charge is 0.0189 e. The van der Waals surface area contributed by atoms with Crippen molar-refractivity contribution in [3.63, 3.8) is 0 Å². The monoisotopic (exact) mass is 134 g/mol. The molecular formula is C5H11PS. The Morgan fingerprint density at radius 1 is 1.43 bits per heavy atom. The minimum Gasteiger partial charge on any atom is -0.171 e. The second kappa shape index (κ2) is 2.94. The Hall–Kier alpha value is 0.780. The Morgan fingerprint density at radius 2 is 2.29 bits per heavy atom. The summed E-state index contributed by atoms with van der Waals surface area (Å²) in [6.45, 7) is 0. The van der Waals surface area contributed by atoms with E-state index < -0.39 is 0 Å². The lowest BCUT2D eigenvalue weighted by Crippen LogP contribution is -1.98. The third-order valence-electron chi connectivity index (χ3n) is 1.28. The van der Waals surface area contributed by atoms with Crippen LogP contribution >= 0.6 is 21.2 Å². The fourth-order valence-corrected chi connectivity index (χ4v) is 2.60. The summed E-state index contributed by atoms with van der Waals surface area (Å²) < 4.78 is 0. The molecule has 0 bridgehead atoms. The molecule has 2 unspecified atom stereocenters. The number of thiol groups is 1. The first kappa shape index (κ1) is 5.91. The summed E-state index contributed by atoms with van der Waals surface area (Å²) in [5, 5.41) is 0. The predicted octanol–water partition coefficient (Wildman–Crippen LogP) is 2.10. The van der Waals surface area contributed by atoms with Gasteiger partial charge in [-0.25, -0.2) is 0 Å². The second-order valence-corrected chi connectivity index (χ2v) is 4.68. The molecule has 0 amide bonds. The summed E-state index contributed by atoms with van der Waals surface area (Å²) in [5.74, 6) is 0. The molecule has 0 aliphatic carbocycles. The molecule has 0 aromatic heterocycles. The van der Waals surface area contributed by atoms with Gasteiger partial charge in [-0.15, -0.1) is 8.58 Å². The van der Waals surface area contributed by atoms with Crippen molar-refractivity contribution in [1.82, 2.24) is 0 Å². The van der Waals surface area contributed by atoms with Crippen LogP contribution in [-0.4, -0.2) is 11.2 Å². The summed E-state index contributed by atoms with van der Waals surface area (Å²) in [6.07, 6.45) is 5.67. The van der Waals surface area contributed by atoms with Gasteiger partial charge < -0.3 is 0 Å². The maximum atomic E-state index is 4.37. The van der Waals surface area contributed by atoms with Crippen LogP contribution in [0.4, 0.5) is 0 Å². The van der Waals surface area contributed by atoms with Crippen molar-refractivity contribution in [3.8, 4) is 0 Å². The topological polar surface area (TPSA) is 0 Å². The van der Waals surface area contributed by atoms with E-state index in [4.69, 9.17) is 0 Å². The van der Waals surface area contributed by atoms with Gasteiger partial charge in [0, 0.05) is 4.99 Å². The number of hydrogen-bond acceptors (Lipinski definition) is 1. The van der Waals surface area contributed by atoms with Crippen molar-refractivity contribution in [3.05, 3.63) is 0 Å². The van der Waals surface area contributed by atoms with Crippen LogP contribution < -0.4 is 0 Å². The molecule has 1 heterocycles. The average Bonchev–Trinajstić information content (AvgIpc) is 1.69. The van der Waals surface area contributed by atoms with Gasteiger partial charge in [-0.2, -0.15) is 12.6 Å². The van der Waals surface area contributed by atoms with Gasteiger partial charge in [0.1, 0.15) is 0 Å². The van der Waals surface area contributed by atoms with Crippen LogP contribution in [0, 0.1) is 0 Å². The van der Waals surface area contributed by atoms with Gasteiger partial charge in [-0.3, -0.25) is 0 Å². The van der Waals surface area contributed by atoms with Crippen LogP contribution in [0.25, 0.3) is 0 Å². The molecule has 2 atom stereocenters. The molecule has 0 nitrogen and oxygen atoms in total. The van der Waals surface area contributed by atoms with Crippen molar-refractivity contribution in [2.24, 2.45) is 0 Å². The average molecular weight is 134 g/mol. The van der Waals surface area contributed by atoms with Gasteiger partial charge in [-0.1, -0.05) is 6.42 Å². The second-order valence-electron chi connectivity index (χ2n) is 1.97. The quantitative estimate of drug-likeness (QED) is 0.380. The molecule has 7 heavy (non-hydrogen) atoms. The molecule has 2 heteroatoms. The van der Waals surface area contributed by atoms with E-state index in [1.165, 1.54) is 25.4 Å². The maximum Gasteiger partial charge on any atom is 0.0189 e. The lowest BCUT2D eigenvalue weighted by Gasteiger charge is -2.15. The molecule has 0 spiro atoms. The zero-order chi connectivity index (χ0) is 5.11. The molecule has 1 saturated heterocycles. The largest absolute Gasteiger partial charge is 0.171 e. The zero-order valence-corrected chi connectivity index (χ0v) is 6.25. The van der Waals surface area contributed by atoms with Crippen LogP contribution in [0.5, 0.6) is 0 Å². The summed E-state index contributed by atoms with van der Waals surface area (Å²) >= 11 is 4.37. The lowest BCUT2D eigenvalue weighted by molar-refractivity contribution is 0.743. The van der Waals surface area contributed by atoms with Gasteiger partial charge in [-0.05, 0) is 19.0 Å². The minimum atomic E-state index is 0.758. The van der Waals surface area contributed by atoms with E-state index in [1.54, 1.807) is 0 Å². The van der Waals surface area contributed by atoms with E-state index in [9.17, 15) is 0 Å². The van der Waals surface area contributed by atoms with Crippen molar-refractivity contribution in [2.45, 2.75) is 24.3 Å². The molecule has 0 aromatic rings. The Labute approximate surface area is 52.3 Å². The highest BCUT2D eigenvalue weighted by Gasteiger charge is 2.06. The Kier molecular flexibility index (Phi) is 2.48. The van der Waals surface area contributed by atoms with Gasteiger partial charge in [0.15, 0.2) is 0 Å². The van der Waals surface area contributed by atoms with Gasteiger partial charge in [0.2, 0.25) is 0 Å². The summed E-state index contributed by atoms with van der Waals surface area (Å²) in [7, 11) is 1.14.